The highest BCUT2D eigenvalue weighted by Gasteiger charge is 2.76. The van der Waals surface area contributed by atoms with Gasteiger partial charge in [-0.25, -0.2) is 0 Å². The predicted molar refractivity (Wildman–Crippen MR) is 196 cm³/mol. The van der Waals surface area contributed by atoms with Crippen LogP contribution in [0.4, 0.5) is 0 Å². The van der Waals surface area contributed by atoms with Gasteiger partial charge in [0.1, 0.15) is 0 Å². The van der Waals surface area contributed by atoms with E-state index in [9.17, 15) is 24.6 Å². The Balaban J connectivity index is 1.43. The van der Waals surface area contributed by atoms with Crippen LogP contribution in [-0.2, 0) is 25.5 Å². The number of benzene rings is 2. The van der Waals surface area contributed by atoms with Crippen molar-refractivity contribution in [2.45, 2.75) is 122 Å². The van der Waals surface area contributed by atoms with E-state index in [1.54, 1.807) is 12.0 Å². The van der Waals surface area contributed by atoms with Crippen molar-refractivity contribution >= 4 is 17.7 Å². The molecule has 51 heavy (non-hydrogen) atoms. The number of hydrogen-bond acceptors (Lipinski definition) is 7. The zero-order valence-electron chi connectivity index (χ0n) is 31.4. The maximum absolute atomic E-state index is 14.9. The average molecular weight is 700 g/mol. The van der Waals surface area contributed by atoms with Crippen molar-refractivity contribution in [3.63, 3.8) is 0 Å². The van der Waals surface area contributed by atoms with Crippen LogP contribution in [0, 0.1) is 16.2 Å². The molecule has 2 aromatic carbocycles. The Bertz CT molecular complexity index is 1680. The number of ether oxygens (including phenoxy) is 2. The Morgan fingerprint density at radius 3 is 2.41 bits per heavy atom. The Morgan fingerprint density at radius 1 is 1.00 bits per heavy atom. The molecule has 2 saturated carbocycles. The summed E-state index contributed by atoms with van der Waals surface area (Å²) in [6.45, 7) is 11.0. The number of fused-ring (bicyclic) bond motifs is 10. The van der Waals surface area contributed by atoms with Gasteiger partial charge >= 0.3 is 5.97 Å². The van der Waals surface area contributed by atoms with E-state index in [1.807, 2.05) is 69.3 Å². The van der Waals surface area contributed by atoms with Crippen LogP contribution >= 0.6 is 0 Å². The van der Waals surface area contributed by atoms with Crippen LogP contribution in [0.15, 0.2) is 60.2 Å². The van der Waals surface area contributed by atoms with Crippen molar-refractivity contribution in [1.82, 2.24) is 4.90 Å². The lowest BCUT2D eigenvalue weighted by molar-refractivity contribution is -0.177. The van der Waals surface area contributed by atoms with Crippen LogP contribution in [-0.4, -0.2) is 76.9 Å². The van der Waals surface area contributed by atoms with Crippen molar-refractivity contribution < 1.29 is 34.1 Å². The molecule has 6 atom stereocenters. The van der Waals surface area contributed by atoms with Crippen molar-refractivity contribution in [2.75, 3.05) is 26.8 Å². The van der Waals surface area contributed by atoms with Crippen LogP contribution in [0.1, 0.15) is 125 Å². The van der Waals surface area contributed by atoms with Gasteiger partial charge in [0.15, 0.2) is 11.4 Å². The van der Waals surface area contributed by atoms with E-state index < -0.39 is 33.6 Å². The van der Waals surface area contributed by atoms with Crippen LogP contribution in [0.3, 0.4) is 0 Å². The third-order valence-electron chi connectivity index (χ3n) is 13.9. The third-order valence-corrected chi connectivity index (χ3v) is 13.9. The fourth-order valence-corrected chi connectivity index (χ4v) is 9.89. The molecule has 0 radical (unpaired) electrons. The normalized spacial score (nSPS) is 32.9. The number of aliphatic hydroxyl groups excluding tert-OH is 1. The summed E-state index contributed by atoms with van der Waals surface area (Å²) in [6.07, 6.45) is 7.57. The number of rotatable bonds is 9. The molecule has 1 heterocycles. The molecule has 0 unspecified atom stereocenters. The number of methoxy groups -OCH3 is 1. The summed E-state index contributed by atoms with van der Waals surface area (Å²) in [7, 11) is 1.64. The van der Waals surface area contributed by atoms with Gasteiger partial charge in [0, 0.05) is 42.2 Å². The number of aliphatic hydroxyl groups is 2. The molecule has 3 fully saturated rings. The molecule has 0 spiro atoms. The zero-order valence-corrected chi connectivity index (χ0v) is 31.4. The number of allylic oxidation sites excluding steroid dienone is 2. The minimum absolute atomic E-state index is 0.0763. The second-order valence-corrected chi connectivity index (χ2v) is 16.9. The Kier molecular flexibility index (Phi) is 10.2. The number of carbonyl (C=O) groups is 3. The molecule has 5 aliphatic rings. The average Bonchev–Trinajstić information content (AvgIpc) is 3.54. The van der Waals surface area contributed by atoms with E-state index >= 15 is 0 Å². The van der Waals surface area contributed by atoms with Crippen molar-refractivity contribution in [1.29, 1.82) is 0 Å². The van der Waals surface area contributed by atoms with Crippen molar-refractivity contribution in [3.05, 3.63) is 82.4 Å². The van der Waals surface area contributed by atoms with Crippen LogP contribution < -0.4 is 0 Å². The Hall–Kier alpha value is -3.33. The lowest BCUT2D eigenvalue weighted by Crippen LogP contribution is -2.60. The first-order chi connectivity index (χ1) is 24.1. The minimum atomic E-state index is -1.30. The molecule has 4 bridgehead atoms. The summed E-state index contributed by atoms with van der Waals surface area (Å²) >= 11 is 0. The lowest BCUT2D eigenvalue weighted by atomic mass is 9.64. The molecule has 1 aliphatic heterocycles. The van der Waals surface area contributed by atoms with Gasteiger partial charge in [-0.2, -0.15) is 0 Å². The quantitative estimate of drug-likeness (QED) is 0.126. The number of hydrogen-bond donors (Lipinski definition) is 2. The standard InChI is InChI=1S/C43H57NO7/c1-29-12-10-20-40(4)35(33-18-16-30(26-32(45)17-15-29)27-34(33)36(46)31-13-8-7-9-14-31)19-21-42(40,49)28-44(24-11-25-50-6)37(47)43-23-22-41(5,38(48)51-43)39(43,2)3/h7-9,12-14,16,18,27,32,35,45,49H,10-11,15,17,19-26,28H2,1-6H3/t32-,35-,40-,41-,42+,43+/m0/s1. The molecule has 8 nitrogen and oxygen atoms in total. The van der Waals surface area contributed by atoms with Crippen molar-refractivity contribution in [3.8, 4) is 0 Å². The Labute approximate surface area is 303 Å². The van der Waals surface area contributed by atoms with Crippen molar-refractivity contribution in [2.24, 2.45) is 16.2 Å². The second kappa shape index (κ2) is 13.9. The summed E-state index contributed by atoms with van der Waals surface area (Å²) < 4.78 is 11.5. The molecule has 1 saturated heterocycles. The minimum Gasteiger partial charge on any atom is -0.448 e. The number of nitrogens with zero attached hydrogens (tertiary/aromatic N) is 1. The van der Waals surface area contributed by atoms with Gasteiger partial charge in [0.25, 0.3) is 5.91 Å². The van der Waals surface area contributed by atoms with Gasteiger partial charge in [0.05, 0.1) is 23.7 Å². The van der Waals surface area contributed by atoms with Crippen LogP contribution in [0.25, 0.3) is 0 Å². The van der Waals surface area contributed by atoms with E-state index in [0.29, 0.717) is 82.1 Å². The second-order valence-electron chi connectivity index (χ2n) is 16.9. The smallest absolute Gasteiger partial charge is 0.313 e. The van der Waals surface area contributed by atoms with E-state index in [-0.39, 0.29) is 30.1 Å². The van der Waals surface area contributed by atoms with E-state index in [1.165, 1.54) is 5.57 Å². The first-order valence-electron chi connectivity index (χ1n) is 18.9. The first kappa shape index (κ1) is 37.4. The van der Waals surface area contributed by atoms with E-state index in [0.717, 1.165) is 17.5 Å². The van der Waals surface area contributed by atoms with E-state index in [4.69, 9.17) is 9.47 Å². The van der Waals surface area contributed by atoms with Crippen LogP contribution in [0.5, 0.6) is 0 Å². The first-order valence-corrected chi connectivity index (χ1v) is 18.9. The summed E-state index contributed by atoms with van der Waals surface area (Å²) in [6, 6.07) is 15.3. The largest absolute Gasteiger partial charge is 0.448 e. The van der Waals surface area contributed by atoms with Gasteiger partial charge < -0.3 is 24.6 Å². The number of ketones is 1. The van der Waals surface area contributed by atoms with Gasteiger partial charge in [-0.15, -0.1) is 0 Å². The highest BCUT2D eigenvalue weighted by atomic mass is 16.6. The molecular formula is C43H57NO7. The monoisotopic (exact) mass is 699 g/mol. The molecule has 2 aromatic rings. The maximum Gasteiger partial charge on any atom is 0.313 e. The fourth-order valence-electron chi connectivity index (χ4n) is 9.89. The molecule has 2 N–H and O–H groups in total. The SMILES string of the molecule is COCCCN(C[C@]1(O)CC[C@H]2c3ccc(cc3C(=O)c3ccccc3)C[C@@H](O)CCC(C)=CCC[C@@]21C)C(=O)[C@@]12CC[C@@](C)(C(=O)O1)C2(C)C. The predicted octanol–water partition coefficient (Wildman–Crippen LogP) is 6.94. The molecule has 4 aliphatic carbocycles. The van der Waals surface area contributed by atoms with Crippen LogP contribution in [0.2, 0.25) is 0 Å². The molecule has 1 amide bonds. The summed E-state index contributed by atoms with van der Waals surface area (Å²) in [5.74, 6) is -0.813. The lowest BCUT2D eigenvalue weighted by Gasteiger charge is -2.47. The Morgan fingerprint density at radius 2 is 1.75 bits per heavy atom. The molecular weight excluding hydrogens is 642 g/mol. The topological polar surface area (TPSA) is 113 Å². The zero-order chi connectivity index (χ0) is 36.8. The summed E-state index contributed by atoms with van der Waals surface area (Å²) in [5.41, 5.74) is -0.571. The number of amides is 1. The summed E-state index contributed by atoms with van der Waals surface area (Å²) in [5, 5.41) is 24.0. The summed E-state index contributed by atoms with van der Waals surface area (Å²) in [4.78, 5) is 44.1. The number of esters is 1. The highest BCUT2D eigenvalue weighted by Crippen LogP contribution is 2.66. The molecule has 7 rings (SSSR count). The molecule has 276 valence electrons. The van der Waals surface area contributed by atoms with Gasteiger partial charge in [-0.3, -0.25) is 14.4 Å². The third kappa shape index (κ3) is 6.19. The molecule has 8 heteroatoms. The highest BCUT2D eigenvalue weighted by molar-refractivity contribution is 6.10. The number of carbonyl (C=O) groups excluding carboxylic acids is 3. The van der Waals surface area contributed by atoms with Gasteiger partial charge in [-0.1, -0.05) is 74.9 Å². The maximum atomic E-state index is 14.9. The molecule has 0 aromatic heterocycles. The van der Waals surface area contributed by atoms with E-state index in [2.05, 4.69) is 19.9 Å². The fraction of sp³-hybridized carbons (Fsp3) is 0.605. The van der Waals surface area contributed by atoms with Gasteiger partial charge in [0.2, 0.25) is 0 Å². The van der Waals surface area contributed by atoms with Gasteiger partial charge in [-0.05, 0) is 101 Å².